The van der Waals surface area contributed by atoms with Crippen molar-refractivity contribution in [2.75, 3.05) is 6.61 Å². The van der Waals surface area contributed by atoms with Crippen molar-refractivity contribution in [3.05, 3.63) is 29.3 Å². The molecular weight excluding hydrogens is 260 g/mol. The van der Waals surface area contributed by atoms with Gasteiger partial charge in [-0.2, -0.15) is 5.26 Å². The van der Waals surface area contributed by atoms with Gasteiger partial charge in [0.05, 0.1) is 6.07 Å². The van der Waals surface area contributed by atoms with E-state index in [0.29, 0.717) is 12.6 Å². The molecule has 1 aromatic rings. The van der Waals surface area contributed by atoms with E-state index in [9.17, 15) is 5.26 Å². The van der Waals surface area contributed by atoms with Crippen molar-refractivity contribution in [3.8, 4) is 11.8 Å². The molecule has 1 saturated carbocycles. The van der Waals surface area contributed by atoms with Crippen LogP contribution in [0.1, 0.15) is 51.7 Å². The van der Waals surface area contributed by atoms with Gasteiger partial charge in [-0.25, -0.2) is 0 Å². The normalized spacial score (nSPS) is 17.9. The molecule has 1 N–H and O–H groups in total. The van der Waals surface area contributed by atoms with Crippen LogP contribution in [0.5, 0.6) is 5.75 Å². The Kier molecular flexibility index (Phi) is 4.30. The Hall–Kier alpha value is -1.53. The molecule has 2 rings (SSSR count). The summed E-state index contributed by atoms with van der Waals surface area (Å²) >= 11 is 0. The standard InChI is InChI=1S/C18H26N2O/c1-13-6-9-16(15(10-13)17(2,3)4)21-12-18(5,11-19)20-14-7-8-14/h6,9-10,14,20H,7-8,12H2,1-5H3. The van der Waals surface area contributed by atoms with E-state index in [4.69, 9.17) is 4.74 Å². The molecule has 0 spiro atoms. The molecule has 3 nitrogen and oxygen atoms in total. The zero-order valence-corrected chi connectivity index (χ0v) is 13.8. The molecule has 114 valence electrons. The van der Waals surface area contributed by atoms with E-state index in [0.717, 1.165) is 18.6 Å². The Bertz CT molecular complexity index is 549. The highest BCUT2D eigenvalue weighted by Crippen LogP contribution is 2.32. The number of ether oxygens (including phenoxy) is 1. The fourth-order valence-electron chi connectivity index (χ4n) is 2.36. The lowest BCUT2D eigenvalue weighted by atomic mass is 9.85. The van der Waals surface area contributed by atoms with Crippen LogP contribution in [0.3, 0.4) is 0 Å². The number of rotatable bonds is 5. The molecule has 0 heterocycles. The molecule has 21 heavy (non-hydrogen) atoms. The molecular formula is C18H26N2O. The molecule has 1 unspecified atom stereocenters. The summed E-state index contributed by atoms with van der Waals surface area (Å²) in [5.41, 5.74) is 1.82. The second-order valence-corrected chi connectivity index (χ2v) is 7.40. The molecule has 1 fully saturated rings. The maximum Gasteiger partial charge on any atom is 0.138 e. The predicted octanol–water partition coefficient (Wildman–Crippen LogP) is 3.71. The van der Waals surface area contributed by atoms with Crippen LogP contribution in [0, 0.1) is 18.3 Å². The number of nitrogens with one attached hydrogen (secondary N) is 1. The summed E-state index contributed by atoms with van der Waals surface area (Å²) in [5.74, 6) is 0.882. The summed E-state index contributed by atoms with van der Waals surface area (Å²) in [6.45, 7) is 10.9. The molecule has 1 aromatic carbocycles. The third kappa shape index (κ3) is 4.22. The van der Waals surface area contributed by atoms with Crippen molar-refractivity contribution in [1.82, 2.24) is 5.32 Å². The molecule has 0 bridgehead atoms. The second kappa shape index (κ2) is 5.69. The highest BCUT2D eigenvalue weighted by Gasteiger charge is 2.33. The molecule has 1 aliphatic rings. The quantitative estimate of drug-likeness (QED) is 0.897. The second-order valence-electron chi connectivity index (χ2n) is 7.40. The van der Waals surface area contributed by atoms with E-state index >= 15 is 0 Å². The summed E-state index contributed by atoms with van der Waals surface area (Å²) in [6, 6.07) is 9.09. The third-order valence-corrected chi connectivity index (χ3v) is 3.81. The van der Waals surface area contributed by atoms with Gasteiger partial charge in [0.2, 0.25) is 0 Å². The van der Waals surface area contributed by atoms with E-state index in [1.165, 1.54) is 11.1 Å². The third-order valence-electron chi connectivity index (χ3n) is 3.81. The van der Waals surface area contributed by atoms with Gasteiger partial charge in [0.1, 0.15) is 17.9 Å². The molecule has 3 heteroatoms. The van der Waals surface area contributed by atoms with Gasteiger partial charge in [0, 0.05) is 6.04 Å². The fourth-order valence-corrected chi connectivity index (χ4v) is 2.36. The van der Waals surface area contributed by atoms with Crippen LogP contribution in [-0.4, -0.2) is 18.2 Å². The molecule has 1 atom stereocenters. The lowest BCUT2D eigenvalue weighted by molar-refractivity contribution is 0.228. The summed E-state index contributed by atoms with van der Waals surface area (Å²) in [5, 5.41) is 12.8. The molecule has 0 aromatic heterocycles. The first kappa shape index (κ1) is 15.9. The minimum atomic E-state index is -0.624. The van der Waals surface area contributed by atoms with Crippen molar-refractivity contribution in [2.45, 2.75) is 64.5 Å². The first-order chi connectivity index (χ1) is 9.73. The van der Waals surface area contributed by atoms with E-state index in [-0.39, 0.29) is 5.41 Å². The van der Waals surface area contributed by atoms with Crippen LogP contribution >= 0.6 is 0 Å². The number of nitriles is 1. The highest BCUT2D eigenvalue weighted by molar-refractivity contribution is 5.41. The number of hydrogen-bond acceptors (Lipinski definition) is 3. The van der Waals surface area contributed by atoms with Crippen molar-refractivity contribution >= 4 is 0 Å². The summed E-state index contributed by atoms with van der Waals surface area (Å²) in [7, 11) is 0. The molecule has 0 amide bonds. The van der Waals surface area contributed by atoms with Gasteiger partial charge in [0.15, 0.2) is 0 Å². The molecule has 0 saturated heterocycles. The van der Waals surface area contributed by atoms with Gasteiger partial charge in [-0.3, -0.25) is 5.32 Å². The Morgan fingerprint density at radius 2 is 1.95 bits per heavy atom. The maximum atomic E-state index is 9.42. The maximum absolute atomic E-state index is 9.42. The van der Waals surface area contributed by atoms with E-state index in [2.05, 4.69) is 51.2 Å². The Morgan fingerprint density at radius 3 is 2.48 bits per heavy atom. The lowest BCUT2D eigenvalue weighted by Crippen LogP contribution is -2.47. The summed E-state index contributed by atoms with van der Waals surface area (Å²) < 4.78 is 6.02. The van der Waals surface area contributed by atoms with Crippen LogP contribution in [-0.2, 0) is 5.41 Å². The zero-order valence-electron chi connectivity index (χ0n) is 13.8. The molecule has 1 aliphatic carbocycles. The van der Waals surface area contributed by atoms with Crippen molar-refractivity contribution < 1.29 is 4.74 Å². The Labute approximate surface area is 128 Å². The van der Waals surface area contributed by atoms with E-state index in [1.54, 1.807) is 0 Å². The SMILES string of the molecule is Cc1ccc(OCC(C)(C#N)NC2CC2)c(C(C)(C)C)c1. The van der Waals surface area contributed by atoms with Crippen LogP contribution in [0.4, 0.5) is 0 Å². The molecule has 0 aliphatic heterocycles. The number of benzene rings is 1. The fraction of sp³-hybridized carbons (Fsp3) is 0.611. The number of aryl methyl sites for hydroxylation is 1. The monoisotopic (exact) mass is 286 g/mol. The van der Waals surface area contributed by atoms with Crippen molar-refractivity contribution in [3.63, 3.8) is 0 Å². The Balaban J connectivity index is 2.14. The van der Waals surface area contributed by atoms with Crippen molar-refractivity contribution in [1.29, 1.82) is 5.26 Å². The summed E-state index contributed by atoms with van der Waals surface area (Å²) in [4.78, 5) is 0. The number of hydrogen-bond donors (Lipinski definition) is 1. The van der Waals surface area contributed by atoms with E-state index < -0.39 is 5.54 Å². The van der Waals surface area contributed by atoms with Crippen LogP contribution in [0.2, 0.25) is 0 Å². The van der Waals surface area contributed by atoms with Crippen LogP contribution < -0.4 is 10.1 Å². The first-order valence-electron chi connectivity index (χ1n) is 7.66. The minimum absolute atomic E-state index is 0.0221. The van der Waals surface area contributed by atoms with Crippen molar-refractivity contribution in [2.24, 2.45) is 0 Å². The first-order valence-corrected chi connectivity index (χ1v) is 7.66. The average molecular weight is 286 g/mol. The minimum Gasteiger partial charge on any atom is -0.490 e. The smallest absolute Gasteiger partial charge is 0.138 e. The Morgan fingerprint density at radius 1 is 1.29 bits per heavy atom. The predicted molar refractivity (Wildman–Crippen MR) is 85.5 cm³/mol. The van der Waals surface area contributed by atoms with Gasteiger partial charge in [-0.05, 0) is 43.7 Å². The topological polar surface area (TPSA) is 45.0 Å². The van der Waals surface area contributed by atoms with Gasteiger partial charge < -0.3 is 4.74 Å². The van der Waals surface area contributed by atoms with Gasteiger partial charge in [0.25, 0.3) is 0 Å². The lowest BCUT2D eigenvalue weighted by Gasteiger charge is -2.27. The zero-order chi connectivity index (χ0) is 15.7. The van der Waals surface area contributed by atoms with Gasteiger partial charge in [-0.15, -0.1) is 0 Å². The molecule has 0 radical (unpaired) electrons. The largest absolute Gasteiger partial charge is 0.490 e. The average Bonchev–Trinajstić information content (AvgIpc) is 3.20. The van der Waals surface area contributed by atoms with Gasteiger partial charge in [-0.1, -0.05) is 38.5 Å². The highest BCUT2D eigenvalue weighted by atomic mass is 16.5. The number of nitrogens with zero attached hydrogens (tertiary/aromatic N) is 1. The summed E-state index contributed by atoms with van der Waals surface area (Å²) in [6.07, 6.45) is 2.32. The van der Waals surface area contributed by atoms with Gasteiger partial charge >= 0.3 is 0 Å². The van der Waals surface area contributed by atoms with Crippen LogP contribution in [0.15, 0.2) is 18.2 Å². The van der Waals surface area contributed by atoms with E-state index in [1.807, 2.05) is 13.0 Å². The van der Waals surface area contributed by atoms with Crippen LogP contribution in [0.25, 0.3) is 0 Å².